The standard InChI is InChI=1S/C22H27ClN2O3S/c1-12-9-14-11-13(4-5-15(14)17(23)10-12)21(27)25-8-2-3-18(25)20(26)16-6-7-24-19(16)22(28)29/h9-10,13,16,18-19,24H,2-8,11H2,1H3,(H,28,29)/t13?,16?,18-,19-/m0/s1. The number of fused-ring (bicyclic) bond motifs is 1. The summed E-state index contributed by atoms with van der Waals surface area (Å²) in [5, 5.41) is 13.5. The molecule has 1 aromatic rings. The minimum absolute atomic E-state index is 0.0392. The van der Waals surface area contributed by atoms with Gasteiger partial charge >= 0.3 is 0 Å². The smallest absolute Gasteiger partial charge is 0.226 e. The molecule has 2 fully saturated rings. The molecule has 4 rings (SSSR count). The molecule has 29 heavy (non-hydrogen) atoms. The van der Waals surface area contributed by atoms with E-state index in [9.17, 15) is 14.7 Å². The van der Waals surface area contributed by atoms with Gasteiger partial charge in [-0.3, -0.25) is 9.59 Å². The summed E-state index contributed by atoms with van der Waals surface area (Å²) in [6, 6.07) is 3.24. The Kier molecular flexibility index (Phi) is 5.96. The van der Waals surface area contributed by atoms with Gasteiger partial charge in [-0.25, -0.2) is 0 Å². The molecule has 3 aliphatic rings. The summed E-state index contributed by atoms with van der Waals surface area (Å²) < 4.78 is 0. The zero-order chi connectivity index (χ0) is 20.7. The Morgan fingerprint density at radius 2 is 2.07 bits per heavy atom. The molecular formula is C22H27ClN2O3S. The molecule has 1 amide bonds. The van der Waals surface area contributed by atoms with Gasteiger partial charge in [0.2, 0.25) is 5.91 Å². The second-order valence-electron chi connectivity index (χ2n) is 8.58. The molecular weight excluding hydrogens is 408 g/mol. The van der Waals surface area contributed by atoms with Gasteiger partial charge in [-0.1, -0.05) is 17.7 Å². The Balaban J connectivity index is 1.49. The first-order chi connectivity index (χ1) is 13.9. The second-order valence-corrected chi connectivity index (χ2v) is 9.41. The van der Waals surface area contributed by atoms with Gasteiger partial charge in [-0.15, -0.1) is 0 Å². The van der Waals surface area contributed by atoms with Crippen LogP contribution < -0.4 is 5.32 Å². The zero-order valence-electron chi connectivity index (χ0n) is 16.6. The molecule has 0 aromatic heterocycles. The molecule has 0 saturated carbocycles. The maximum Gasteiger partial charge on any atom is 0.226 e. The first-order valence-electron chi connectivity index (χ1n) is 10.4. The van der Waals surface area contributed by atoms with Crippen molar-refractivity contribution in [3.63, 3.8) is 0 Å². The lowest BCUT2D eigenvalue weighted by Crippen LogP contribution is -2.49. The average molecular weight is 435 g/mol. The monoisotopic (exact) mass is 434 g/mol. The fourth-order valence-electron chi connectivity index (χ4n) is 5.28. The SMILES string of the molecule is Cc1cc(Cl)c2c(c1)CC(C(=O)N1CCC[C@H]1C(=O)C1CCN[C@@H]1C(O)=S)CC2. The summed E-state index contributed by atoms with van der Waals surface area (Å²) in [5.74, 6) is -0.333. The number of nitrogens with one attached hydrogen (secondary N) is 1. The molecule has 1 aromatic carbocycles. The summed E-state index contributed by atoms with van der Waals surface area (Å²) in [6.45, 7) is 3.30. The normalized spacial score (nSPS) is 29.0. The highest BCUT2D eigenvalue weighted by atomic mass is 35.5. The molecule has 1 aliphatic carbocycles. The van der Waals surface area contributed by atoms with E-state index in [1.807, 2.05) is 13.0 Å². The summed E-state index contributed by atoms with van der Waals surface area (Å²) in [7, 11) is 0. The summed E-state index contributed by atoms with van der Waals surface area (Å²) in [6.07, 6.45) is 4.43. The van der Waals surface area contributed by atoms with Crippen LogP contribution in [-0.4, -0.2) is 51.9 Å². The number of hydrogen-bond acceptors (Lipinski definition) is 4. The highest BCUT2D eigenvalue weighted by Crippen LogP contribution is 2.35. The Labute approximate surface area is 181 Å². The third-order valence-corrected chi connectivity index (χ3v) is 7.30. The van der Waals surface area contributed by atoms with Crippen molar-refractivity contribution in [1.82, 2.24) is 10.2 Å². The molecule has 156 valence electrons. The predicted molar refractivity (Wildman–Crippen MR) is 117 cm³/mol. The van der Waals surface area contributed by atoms with Crippen molar-refractivity contribution < 1.29 is 14.7 Å². The zero-order valence-corrected chi connectivity index (χ0v) is 18.2. The molecule has 0 spiro atoms. The Hall–Kier alpha value is -1.50. The van der Waals surface area contributed by atoms with Crippen LogP contribution in [0.5, 0.6) is 0 Å². The van der Waals surface area contributed by atoms with E-state index in [-0.39, 0.29) is 28.6 Å². The molecule has 4 atom stereocenters. The van der Waals surface area contributed by atoms with E-state index in [1.54, 1.807) is 4.90 Å². The lowest BCUT2D eigenvalue weighted by atomic mass is 9.82. The molecule has 2 N–H and O–H groups in total. The quantitative estimate of drug-likeness (QED) is 0.712. The molecule has 7 heteroatoms. The van der Waals surface area contributed by atoms with Gasteiger partial charge in [0.25, 0.3) is 0 Å². The van der Waals surface area contributed by atoms with E-state index < -0.39 is 12.1 Å². The van der Waals surface area contributed by atoms with Crippen molar-refractivity contribution in [3.8, 4) is 0 Å². The Morgan fingerprint density at radius 3 is 2.83 bits per heavy atom. The average Bonchev–Trinajstić information content (AvgIpc) is 3.36. The van der Waals surface area contributed by atoms with Gasteiger partial charge in [-0.2, -0.15) is 0 Å². The van der Waals surface area contributed by atoms with Crippen LogP contribution in [0.25, 0.3) is 0 Å². The molecule has 0 radical (unpaired) electrons. The van der Waals surface area contributed by atoms with E-state index in [0.29, 0.717) is 32.4 Å². The topological polar surface area (TPSA) is 69.6 Å². The third-order valence-electron chi connectivity index (χ3n) is 6.71. The summed E-state index contributed by atoms with van der Waals surface area (Å²) in [5.41, 5.74) is 3.43. The lowest BCUT2D eigenvalue weighted by molar-refractivity contribution is -0.142. The molecule has 2 heterocycles. The number of likely N-dealkylation sites (tertiary alicyclic amines) is 1. The molecule has 2 unspecified atom stereocenters. The highest BCUT2D eigenvalue weighted by molar-refractivity contribution is 7.80. The maximum atomic E-state index is 13.4. The Bertz CT molecular complexity index is 859. The van der Waals surface area contributed by atoms with Gasteiger partial charge in [0.1, 0.15) is 0 Å². The van der Waals surface area contributed by atoms with Gasteiger partial charge in [0, 0.05) is 23.4 Å². The van der Waals surface area contributed by atoms with Crippen molar-refractivity contribution in [2.24, 2.45) is 11.8 Å². The van der Waals surface area contributed by atoms with E-state index >= 15 is 0 Å². The molecule has 2 aliphatic heterocycles. The number of benzene rings is 1. The fraction of sp³-hybridized carbons (Fsp3) is 0.591. The predicted octanol–water partition coefficient (Wildman–Crippen LogP) is 3.18. The molecule has 5 nitrogen and oxygen atoms in total. The van der Waals surface area contributed by atoms with Crippen LogP contribution in [0, 0.1) is 18.8 Å². The number of aliphatic hydroxyl groups excluding tert-OH is 1. The van der Waals surface area contributed by atoms with Crippen molar-refractivity contribution in [2.45, 2.75) is 57.5 Å². The van der Waals surface area contributed by atoms with Crippen LogP contribution in [0.15, 0.2) is 12.1 Å². The molecule has 0 bridgehead atoms. The third kappa shape index (κ3) is 3.94. The number of amides is 1. The van der Waals surface area contributed by atoms with Crippen LogP contribution in [0.4, 0.5) is 0 Å². The van der Waals surface area contributed by atoms with E-state index in [2.05, 4.69) is 11.4 Å². The van der Waals surface area contributed by atoms with Crippen molar-refractivity contribution in [1.29, 1.82) is 0 Å². The number of aryl methyl sites for hydroxylation is 1. The highest BCUT2D eigenvalue weighted by Gasteiger charge is 2.44. The van der Waals surface area contributed by atoms with Gasteiger partial charge in [0.05, 0.1) is 12.1 Å². The Morgan fingerprint density at radius 1 is 1.28 bits per heavy atom. The van der Waals surface area contributed by atoms with Crippen LogP contribution >= 0.6 is 23.8 Å². The molecule has 2 saturated heterocycles. The van der Waals surface area contributed by atoms with E-state index in [0.717, 1.165) is 41.0 Å². The van der Waals surface area contributed by atoms with Gasteiger partial charge < -0.3 is 15.3 Å². The number of carbonyl (C=O) groups is 2. The first-order valence-corrected chi connectivity index (χ1v) is 11.2. The lowest BCUT2D eigenvalue weighted by Gasteiger charge is -2.32. The van der Waals surface area contributed by atoms with Crippen molar-refractivity contribution in [2.75, 3.05) is 13.1 Å². The number of hydrogen-bond donors (Lipinski definition) is 2. The number of nitrogens with zero attached hydrogens (tertiary/aromatic N) is 1. The van der Waals surface area contributed by atoms with Crippen molar-refractivity contribution in [3.05, 3.63) is 33.8 Å². The number of thiocarbonyl (C=S) groups is 1. The number of halogens is 1. The minimum atomic E-state index is -0.471. The van der Waals surface area contributed by atoms with E-state index in [4.69, 9.17) is 23.8 Å². The van der Waals surface area contributed by atoms with E-state index in [1.165, 1.54) is 0 Å². The van der Waals surface area contributed by atoms with Crippen LogP contribution in [0.1, 0.15) is 42.4 Å². The largest absolute Gasteiger partial charge is 0.501 e. The first kappa shape index (κ1) is 20.8. The number of carbonyl (C=O) groups excluding carboxylic acids is 2. The number of rotatable bonds is 4. The minimum Gasteiger partial charge on any atom is -0.501 e. The van der Waals surface area contributed by atoms with Gasteiger partial charge in [0.15, 0.2) is 10.8 Å². The maximum absolute atomic E-state index is 13.4. The number of Topliss-reactive ketones (excluding diaryl/α,β-unsaturated/α-hetero) is 1. The van der Waals surface area contributed by atoms with Gasteiger partial charge in [-0.05, 0) is 87.0 Å². The summed E-state index contributed by atoms with van der Waals surface area (Å²) >= 11 is 11.3. The fourth-order valence-corrected chi connectivity index (χ4v) is 5.92. The second kappa shape index (κ2) is 8.32. The van der Waals surface area contributed by atoms with Crippen LogP contribution in [0.3, 0.4) is 0 Å². The number of aliphatic hydroxyl groups is 1. The summed E-state index contributed by atoms with van der Waals surface area (Å²) in [4.78, 5) is 28.4. The van der Waals surface area contributed by atoms with Crippen molar-refractivity contribution >= 4 is 40.6 Å². The van der Waals surface area contributed by atoms with Crippen LogP contribution in [0.2, 0.25) is 5.02 Å². The van der Waals surface area contributed by atoms with Crippen LogP contribution in [-0.2, 0) is 22.4 Å². The number of ketones is 1.